The van der Waals surface area contributed by atoms with Crippen LogP contribution in [0.1, 0.15) is 17.9 Å². The molecule has 20 heavy (non-hydrogen) atoms. The summed E-state index contributed by atoms with van der Waals surface area (Å²) in [6.07, 6.45) is 0. The zero-order valence-electron chi connectivity index (χ0n) is 11.2. The second kappa shape index (κ2) is 6.44. The van der Waals surface area contributed by atoms with Crippen molar-refractivity contribution in [3.05, 3.63) is 54.1 Å². The van der Waals surface area contributed by atoms with Gasteiger partial charge in [-0.25, -0.2) is 0 Å². The van der Waals surface area contributed by atoms with Gasteiger partial charge in [-0.3, -0.25) is 4.79 Å². The van der Waals surface area contributed by atoms with E-state index in [1.54, 1.807) is 13.0 Å². The van der Waals surface area contributed by atoms with Crippen LogP contribution >= 0.6 is 11.6 Å². The summed E-state index contributed by atoms with van der Waals surface area (Å²) >= 11 is 6.08. The normalized spacial score (nSPS) is 11.9. The Morgan fingerprint density at radius 3 is 2.50 bits per heavy atom. The molecule has 0 heterocycles. The van der Waals surface area contributed by atoms with E-state index >= 15 is 0 Å². The van der Waals surface area contributed by atoms with Crippen molar-refractivity contribution in [2.24, 2.45) is 0 Å². The van der Waals surface area contributed by atoms with Crippen LogP contribution in [-0.2, 0) is 9.53 Å². The lowest BCUT2D eigenvalue weighted by Crippen LogP contribution is -2.12. The van der Waals surface area contributed by atoms with Gasteiger partial charge in [0.25, 0.3) is 0 Å². The summed E-state index contributed by atoms with van der Waals surface area (Å²) in [5.74, 6) is -0.478. The van der Waals surface area contributed by atoms with Crippen molar-refractivity contribution in [1.29, 1.82) is 0 Å². The first-order chi connectivity index (χ1) is 9.63. The van der Waals surface area contributed by atoms with Crippen LogP contribution < -0.4 is 5.73 Å². The van der Waals surface area contributed by atoms with Crippen molar-refractivity contribution < 1.29 is 9.53 Å². The van der Waals surface area contributed by atoms with Crippen molar-refractivity contribution in [3.8, 4) is 11.1 Å². The van der Waals surface area contributed by atoms with E-state index in [0.717, 1.165) is 11.1 Å². The molecule has 2 aromatic carbocycles. The number of nitrogen functional groups attached to an aromatic ring is 1. The Kier molecular flexibility index (Phi) is 4.64. The summed E-state index contributed by atoms with van der Waals surface area (Å²) in [5, 5.41) is -0.875. The van der Waals surface area contributed by atoms with Crippen LogP contribution in [-0.4, -0.2) is 12.6 Å². The molecule has 0 radical (unpaired) electrons. The number of alkyl halides is 1. The smallest absolute Gasteiger partial charge is 0.328 e. The minimum absolute atomic E-state index is 0.296. The Balaban J connectivity index is 2.29. The lowest BCUT2D eigenvalue weighted by molar-refractivity contribution is -0.142. The topological polar surface area (TPSA) is 52.3 Å². The maximum atomic E-state index is 11.6. The molecule has 2 N–H and O–H groups in total. The van der Waals surface area contributed by atoms with Gasteiger partial charge in [0, 0.05) is 11.3 Å². The van der Waals surface area contributed by atoms with Gasteiger partial charge in [-0.05, 0) is 24.1 Å². The molecule has 0 saturated carbocycles. The highest BCUT2D eigenvalue weighted by Crippen LogP contribution is 2.31. The van der Waals surface area contributed by atoms with Crippen LogP contribution in [0.5, 0.6) is 0 Å². The number of carbonyl (C=O) groups is 1. The first-order valence-corrected chi connectivity index (χ1v) is 6.82. The highest BCUT2D eigenvalue weighted by Gasteiger charge is 2.21. The number of carbonyl (C=O) groups excluding carboxylic acids is 1. The van der Waals surface area contributed by atoms with Crippen LogP contribution in [0.2, 0.25) is 0 Å². The Labute approximate surface area is 123 Å². The maximum Gasteiger partial charge on any atom is 0.328 e. The average molecular weight is 290 g/mol. The van der Waals surface area contributed by atoms with Crippen LogP contribution in [0.3, 0.4) is 0 Å². The highest BCUT2D eigenvalue weighted by atomic mass is 35.5. The van der Waals surface area contributed by atoms with E-state index in [0.29, 0.717) is 17.9 Å². The quantitative estimate of drug-likeness (QED) is 0.529. The first-order valence-electron chi connectivity index (χ1n) is 6.39. The van der Waals surface area contributed by atoms with Gasteiger partial charge in [-0.2, -0.15) is 0 Å². The number of rotatable bonds is 4. The van der Waals surface area contributed by atoms with Gasteiger partial charge in [0.2, 0.25) is 0 Å². The Hall–Kier alpha value is -2.00. The SMILES string of the molecule is CCOC(=O)C(Cl)c1ccc(-c2ccccc2)cc1N. The third-order valence-corrected chi connectivity index (χ3v) is 3.37. The molecule has 0 aliphatic carbocycles. The van der Waals surface area contributed by atoms with Gasteiger partial charge >= 0.3 is 5.97 Å². The summed E-state index contributed by atoms with van der Waals surface area (Å²) in [6.45, 7) is 2.04. The molecule has 1 atom stereocenters. The molecule has 0 saturated heterocycles. The van der Waals surface area contributed by atoms with Crippen molar-refractivity contribution in [2.45, 2.75) is 12.3 Å². The lowest BCUT2D eigenvalue weighted by atomic mass is 10.0. The molecular weight excluding hydrogens is 274 g/mol. The average Bonchev–Trinajstić information content (AvgIpc) is 2.47. The van der Waals surface area contributed by atoms with E-state index in [1.165, 1.54) is 0 Å². The Morgan fingerprint density at radius 1 is 1.20 bits per heavy atom. The second-order valence-corrected chi connectivity index (χ2v) is 4.76. The van der Waals surface area contributed by atoms with Crippen molar-refractivity contribution in [1.82, 2.24) is 0 Å². The first kappa shape index (κ1) is 14.4. The van der Waals surface area contributed by atoms with Crippen molar-refractivity contribution in [2.75, 3.05) is 12.3 Å². The van der Waals surface area contributed by atoms with Gasteiger partial charge in [0.1, 0.15) is 0 Å². The highest BCUT2D eigenvalue weighted by molar-refractivity contribution is 6.30. The van der Waals surface area contributed by atoms with E-state index < -0.39 is 11.3 Å². The summed E-state index contributed by atoms with van der Waals surface area (Å²) in [7, 11) is 0. The fourth-order valence-corrected chi connectivity index (χ4v) is 2.22. The molecule has 2 rings (SSSR count). The van der Waals surface area contributed by atoms with E-state index in [4.69, 9.17) is 22.1 Å². The molecule has 4 heteroatoms. The lowest BCUT2D eigenvalue weighted by Gasteiger charge is -2.13. The predicted octanol–water partition coefficient (Wildman–Crippen LogP) is 3.78. The summed E-state index contributed by atoms with van der Waals surface area (Å²) in [4.78, 5) is 11.6. The van der Waals surface area contributed by atoms with E-state index in [1.807, 2.05) is 42.5 Å². The molecule has 0 fully saturated rings. The number of benzene rings is 2. The van der Waals surface area contributed by atoms with E-state index in [-0.39, 0.29) is 0 Å². The number of anilines is 1. The molecule has 0 spiro atoms. The van der Waals surface area contributed by atoms with Gasteiger partial charge in [0.05, 0.1) is 6.61 Å². The van der Waals surface area contributed by atoms with Crippen LogP contribution in [0, 0.1) is 0 Å². The predicted molar refractivity (Wildman–Crippen MR) is 81.5 cm³/mol. The standard InChI is InChI=1S/C16H16ClNO2/c1-2-20-16(19)15(17)13-9-8-12(10-14(13)18)11-6-4-3-5-7-11/h3-10,15H,2,18H2,1H3. The second-order valence-electron chi connectivity index (χ2n) is 4.32. The molecule has 0 aromatic heterocycles. The van der Waals surface area contributed by atoms with Crippen LogP contribution in [0.15, 0.2) is 48.5 Å². The molecule has 0 amide bonds. The zero-order valence-corrected chi connectivity index (χ0v) is 11.9. The molecule has 104 valence electrons. The molecule has 0 bridgehead atoms. The number of esters is 1. The molecule has 3 nitrogen and oxygen atoms in total. The largest absolute Gasteiger partial charge is 0.465 e. The van der Waals surface area contributed by atoms with Crippen LogP contribution in [0.25, 0.3) is 11.1 Å². The Bertz CT molecular complexity index is 599. The number of hydrogen-bond donors (Lipinski definition) is 1. The van der Waals surface area contributed by atoms with Crippen molar-refractivity contribution in [3.63, 3.8) is 0 Å². The molecule has 1 unspecified atom stereocenters. The zero-order chi connectivity index (χ0) is 14.5. The minimum atomic E-state index is -0.875. The molecule has 2 aromatic rings. The number of hydrogen-bond acceptors (Lipinski definition) is 3. The fraction of sp³-hybridized carbons (Fsp3) is 0.188. The van der Waals surface area contributed by atoms with Crippen LogP contribution in [0.4, 0.5) is 5.69 Å². The Morgan fingerprint density at radius 2 is 1.90 bits per heavy atom. The van der Waals surface area contributed by atoms with Crippen molar-refractivity contribution >= 4 is 23.3 Å². The fourth-order valence-electron chi connectivity index (χ4n) is 1.96. The summed E-state index contributed by atoms with van der Waals surface area (Å²) < 4.78 is 4.90. The molecule has 0 aliphatic rings. The van der Waals surface area contributed by atoms with E-state index in [2.05, 4.69) is 0 Å². The number of halogens is 1. The van der Waals surface area contributed by atoms with Gasteiger partial charge in [-0.15, -0.1) is 11.6 Å². The third-order valence-electron chi connectivity index (χ3n) is 2.96. The van der Waals surface area contributed by atoms with Gasteiger partial charge in [-0.1, -0.05) is 42.5 Å². The molecule has 0 aliphatic heterocycles. The number of nitrogens with two attached hydrogens (primary N) is 1. The monoisotopic (exact) mass is 289 g/mol. The van der Waals surface area contributed by atoms with Gasteiger partial charge < -0.3 is 10.5 Å². The number of ether oxygens (including phenoxy) is 1. The minimum Gasteiger partial charge on any atom is -0.465 e. The summed E-state index contributed by atoms with van der Waals surface area (Å²) in [6, 6.07) is 15.4. The van der Waals surface area contributed by atoms with E-state index in [9.17, 15) is 4.79 Å². The van der Waals surface area contributed by atoms with Gasteiger partial charge in [0.15, 0.2) is 5.38 Å². The molecular formula is C16H16ClNO2. The third kappa shape index (κ3) is 3.11. The maximum absolute atomic E-state index is 11.6. The summed E-state index contributed by atoms with van der Waals surface area (Å²) in [5.41, 5.74) is 9.11.